The van der Waals surface area contributed by atoms with Gasteiger partial charge < -0.3 is 14.6 Å². The second kappa shape index (κ2) is 10.7. The van der Waals surface area contributed by atoms with E-state index in [0.29, 0.717) is 5.75 Å². The van der Waals surface area contributed by atoms with Crippen molar-refractivity contribution in [2.75, 3.05) is 13.7 Å². The van der Waals surface area contributed by atoms with Crippen LogP contribution in [0.3, 0.4) is 0 Å². The van der Waals surface area contributed by atoms with Crippen molar-refractivity contribution in [2.24, 2.45) is 10.2 Å². The van der Waals surface area contributed by atoms with Crippen LogP contribution in [0.4, 0.5) is 5.69 Å². The van der Waals surface area contributed by atoms with Gasteiger partial charge in [-0.05, 0) is 30.3 Å². The Morgan fingerprint density at radius 2 is 2.17 bits per heavy atom. The van der Waals surface area contributed by atoms with Crippen molar-refractivity contribution in [2.45, 2.75) is 12.8 Å². The summed E-state index contributed by atoms with van der Waals surface area (Å²) in [6.07, 6.45) is 2.34. The minimum absolute atomic E-state index is 0.0609. The fourth-order valence-corrected chi connectivity index (χ4v) is 2.83. The van der Waals surface area contributed by atoms with Gasteiger partial charge in [0.05, 0.1) is 35.3 Å². The molecule has 1 aliphatic rings. The number of hydrogen-bond donors (Lipinski definition) is 2. The molecule has 2 N–H and O–H groups in total. The Hall–Kier alpha value is -3.74. The number of nitrogens with one attached hydrogen (secondary N) is 1. The lowest BCUT2D eigenvalue weighted by Crippen LogP contribution is -2.19. The van der Waals surface area contributed by atoms with Crippen molar-refractivity contribution in [3.8, 4) is 5.75 Å². The van der Waals surface area contributed by atoms with E-state index in [4.69, 9.17) is 9.84 Å². The summed E-state index contributed by atoms with van der Waals surface area (Å²) in [7, 11) is 1.17. The molecule has 0 saturated carbocycles. The molecular weight excluding hydrogens is 420 g/mol. The fourth-order valence-electron chi connectivity index (χ4n) is 2.09. The number of benzene rings is 1. The van der Waals surface area contributed by atoms with Gasteiger partial charge in [-0.15, -0.1) is 5.10 Å². The molecule has 158 valence electrons. The lowest BCUT2D eigenvalue weighted by atomic mass is 10.2. The van der Waals surface area contributed by atoms with E-state index in [-0.39, 0.29) is 40.8 Å². The number of amidine groups is 1. The minimum atomic E-state index is -0.948. The van der Waals surface area contributed by atoms with E-state index in [2.05, 4.69) is 20.3 Å². The lowest BCUT2D eigenvalue weighted by molar-refractivity contribution is -0.385. The van der Waals surface area contributed by atoms with Crippen molar-refractivity contribution in [3.05, 3.63) is 44.9 Å². The van der Waals surface area contributed by atoms with E-state index in [1.165, 1.54) is 25.3 Å². The first-order valence-corrected chi connectivity index (χ1v) is 9.14. The molecule has 0 aliphatic carbocycles. The third-order valence-corrected chi connectivity index (χ3v) is 4.35. The average Bonchev–Trinajstić information content (AvgIpc) is 3.04. The van der Waals surface area contributed by atoms with Crippen LogP contribution >= 0.6 is 11.8 Å². The number of nitrogens with zero attached hydrogens (tertiary/aromatic N) is 3. The molecule has 1 aromatic rings. The van der Waals surface area contributed by atoms with Gasteiger partial charge in [-0.2, -0.15) is 5.10 Å². The zero-order chi connectivity index (χ0) is 22.1. The summed E-state index contributed by atoms with van der Waals surface area (Å²) in [5, 5.41) is 29.8. The Kier molecular flexibility index (Phi) is 8.05. The highest BCUT2D eigenvalue weighted by molar-refractivity contribution is 8.18. The van der Waals surface area contributed by atoms with Gasteiger partial charge in [0.25, 0.3) is 11.6 Å². The van der Waals surface area contributed by atoms with Gasteiger partial charge in [0.15, 0.2) is 5.17 Å². The average molecular weight is 436 g/mol. The van der Waals surface area contributed by atoms with E-state index in [1.54, 1.807) is 0 Å². The number of carboxylic acid groups (broad SMARTS) is 1. The molecule has 1 fully saturated rings. The van der Waals surface area contributed by atoms with Gasteiger partial charge in [-0.25, -0.2) is 4.79 Å². The number of rotatable bonds is 9. The Bertz CT molecular complexity index is 957. The van der Waals surface area contributed by atoms with Crippen LogP contribution in [0.2, 0.25) is 0 Å². The molecule has 0 aromatic heterocycles. The molecule has 12 nitrogen and oxygen atoms in total. The summed E-state index contributed by atoms with van der Waals surface area (Å²) in [6.45, 7) is 0.126. The number of amides is 1. The van der Waals surface area contributed by atoms with Gasteiger partial charge in [-0.1, -0.05) is 0 Å². The summed E-state index contributed by atoms with van der Waals surface area (Å²) in [5.74, 6) is -1.90. The standard InChI is InChI=1S/C17H16N4O8S/c1-28-15(24)8-13-16(25)19-17(30-13)20-18-9-10-7-11(4-5-12(10)21(26)27)29-6-2-3-14(22)23/h4-5,7-9H,2-3,6H2,1H3,(H,22,23)(H,19,20,25)/b13-8+,18-9?. The summed E-state index contributed by atoms with van der Waals surface area (Å²) < 4.78 is 9.84. The molecule has 1 heterocycles. The third kappa shape index (κ3) is 6.70. The molecule has 1 saturated heterocycles. The summed E-state index contributed by atoms with van der Waals surface area (Å²) in [6, 6.07) is 3.98. The summed E-state index contributed by atoms with van der Waals surface area (Å²) >= 11 is 0.857. The molecule has 0 bridgehead atoms. The van der Waals surface area contributed by atoms with E-state index >= 15 is 0 Å². The topological polar surface area (TPSA) is 170 Å². The van der Waals surface area contributed by atoms with Gasteiger partial charge in [0.1, 0.15) is 5.75 Å². The molecule has 0 radical (unpaired) electrons. The number of carbonyl (C=O) groups is 3. The van der Waals surface area contributed by atoms with Crippen molar-refractivity contribution in [1.82, 2.24) is 5.32 Å². The fraction of sp³-hybridized carbons (Fsp3) is 0.235. The van der Waals surface area contributed by atoms with Crippen LogP contribution < -0.4 is 10.1 Å². The van der Waals surface area contributed by atoms with Crippen LogP contribution in [-0.4, -0.2) is 53.0 Å². The molecule has 1 aliphatic heterocycles. The smallest absolute Gasteiger partial charge is 0.331 e. The highest BCUT2D eigenvalue weighted by Crippen LogP contribution is 2.25. The van der Waals surface area contributed by atoms with Gasteiger partial charge >= 0.3 is 11.9 Å². The number of thioether (sulfide) groups is 1. The largest absolute Gasteiger partial charge is 0.494 e. The highest BCUT2D eigenvalue weighted by atomic mass is 32.2. The van der Waals surface area contributed by atoms with E-state index in [0.717, 1.165) is 24.1 Å². The molecule has 13 heteroatoms. The molecule has 2 rings (SSSR count). The Balaban J connectivity index is 2.11. The lowest BCUT2D eigenvalue weighted by Gasteiger charge is -2.06. The zero-order valence-electron chi connectivity index (χ0n) is 15.6. The zero-order valence-corrected chi connectivity index (χ0v) is 16.4. The van der Waals surface area contributed by atoms with Crippen LogP contribution in [-0.2, 0) is 19.1 Å². The van der Waals surface area contributed by atoms with Crippen molar-refractivity contribution in [3.63, 3.8) is 0 Å². The maximum atomic E-state index is 11.7. The van der Waals surface area contributed by atoms with Crippen molar-refractivity contribution in [1.29, 1.82) is 0 Å². The van der Waals surface area contributed by atoms with E-state index in [9.17, 15) is 24.5 Å². The number of carbonyl (C=O) groups excluding carboxylic acids is 2. The Morgan fingerprint density at radius 3 is 2.83 bits per heavy atom. The van der Waals surface area contributed by atoms with E-state index in [1.807, 2.05) is 0 Å². The van der Waals surface area contributed by atoms with Gasteiger partial charge in [0.2, 0.25) is 0 Å². The number of nitro benzene ring substituents is 1. The summed E-state index contributed by atoms with van der Waals surface area (Å²) in [5.41, 5.74) is -0.147. The molecule has 30 heavy (non-hydrogen) atoms. The quantitative estimate of drug-likeness (QED) is 0.145. The van der Waals surface area contributed by atoms with Gasteiger partial charge in [0, 0.05) is 18.6 Å². The number of carboxylic acids is 1. The number of aliphatic carboxylic acids is 1. The predicted molar refractivity (Wildman–Crippen MR) is 106 cm³/mol. The van der Waals surface area contributed by atoms with Crippen LogP contribution in [0.5, 0.6) is 5.75 Å². The molecule has 1 aromatic carbocycles. The van der Waals surface area contributed by atoms with Crippen molar-refractivity contribution < 1.29 is 33.9 Å². The second-order valence-corrected chi connectivity index (χ2v) is 6.59. The number of esters is 1. The van der Waals surface area contributed by atoms with Crippen LogP contribution in [0.25, 0.3) is 0 Å². The first kappa shape index (κ1) is 22.5. The first-order valence-electron chi connectivity index (χ1n) is 8.33. The molecule has 0 spiro atoms. The van der Waals surface area contributed by atoms with Crippen LogP contribution in [0.1, 0.15) is 18.4 Å². The van der Waals surface area contributed by atoms with Crippen molar-refractivity contribution >= 4 is 46.7 Å². The SMILES string of the molecule is COC(=O)/C=C1/S/C(=N\N=Cc2cc(OCCCC(=O)O)ccc2[N+](=O)[O-])NC1=O. The molecule has 0 atom stereocenters. The highest BCUT2D eigenvalue weighted by Gasteiger charge is 2.25. The number of nitro groups is 1. The number of hydrogen-bond acceptors (Lipinski definition) is 10. The second-order valence-electron chi connectivity index (χ2n) is 5.56. The number of methoxy groups -OCH3 is 1. The minimum Gasteiger partial charge on any atom is -0.494 e. The summed E-state index contributed by atoms with van der Waals surface area (Å²) in [4.78, 5) is 44.1. The number of ether oxygens (including phenoxy) is 2. The van der Waals surface area contributed by atoms with E-state index < -0.39 is 22.8 Å². The molecule has 1 amide bonds. The maximum absolute atomic E-state index is 11.7. The van der Waals surface area contributed by atoms with Gasteiger partial charge in [-0.3, -0.25) is 25.0 Å². The molecule has 0 unspecified atom stereocenters. The Labute approximate surface area is 173 Å². The predicted octanol–water partition coefficient (Wildman–Crippen LogP) is 1.45. The van der Waals surface area contributed by atoms with Crippen LogP contribution in [0.15, 0.2) is 39.4 Å². The molecular formula is C17H16N4O8S. The van der Waals surface area contributed by atoms with Crippen LogP contribution in [0, 0.1) is 10.1 Å². The normalized spacial score (nSPS) is 16.1. The third-order valence-electron chi connectivity index (χ3n) is 3.45. The monoisotopic (exact) mass is 436 g/mol. The Morgan fingerprint density at radius 1 is 1.40 bits per heavy atom. The maximum Gasteiger partial charge on any atom is 0.331 e. The first-order chi connectivity index (χ1) is 14.3.